The molecule has 13 nitrogen and oxygen atoms in total. The fourth-order valence-electron chi connectivity index (χ4n) is 3.29. The zero-order valence-corrected chi connectivity index (χ0v) is 17.7. The quantitative estimate of drug-likeness (QED) is 0.454. The summed E-state index contributed by atoms with van der Waals surface area (Å²) < 4.78 is 21.6. The molecule has 178 valence electrons. The van der Waals surface area contributed by atoms with Crippen LogP contribution in [0, 0.1) is 0 Å². The molecule has 0 radical (unpaired) electrons. The first-order valence-corrected chi connectivity index (χ1v) is 10.1. The molecule has 0 aliphatic carbocycles. The third-order valence-corrected chi connectivity index (χ3v) is 4.87. The number of nitrogens with zero attached hydrogens (tertiary/aromatic N) is 3. The molecule has 34 heavy (non-hydrogen) atoms. The van der Waals surface area contributed by atoms with E-state index in [-0.39, 0.29) is 11.8 Å². The number of anilines is 1. The van der Waals surface area contributed by atoms with E-state index in [4.69, 9.17) is 38.2 Å². The Hall–Kier alpha value is -4.39. The molecule has 4 heterocycles. The van der Waals surface area contributed by atoms with Crippen molar-refractivity contribution >= 4 is 23.5 Å². The van der Waals surface area contributed by atoms with E-state index in [0.29, 0.717) is 67.5 Å². The SMILES string of the molecule is O=C(CN1CC(c2nc(-c3ccco3)no2)C1)Nc1ccc2c(c1)OCCO2.O=C(O)C(=O)O. The van der Waals surface area contributed by atoms with Crippen LogP contribution in [0.3, 0.4) is 0 Å². The van der Waals surface area contributed by atoms with E-state index in [0.717, 1.165) is 0 Å². The van der Waals surface area contributed by atoms with Gasteiger partial charge in [0.2, 0.25) is 17.6 Å². The molecule has 0 bridgehead atoms. The highest BCUT2D eigenvalue weighted by Gasteiger charge is 2.34. The minimum atomic E-state index is -1.82. The van der Waals surface area contributed by atoms with Crippen molar-refractivity contribution in [1.82, 2.24) is 15.0 Å². The molecule has 0 spiro atoms. The van der Waals surface area contributed by atoms with Crippen molar-refractivity contribution in [3.8, 4) is 23.1 Å². The lowest BCUT2D eigenvalue weighted by molar-refractivity contribution is -0.159. The molecule has 5 rings (SSSR count). The van der Waals surface area contributed by atoms with E-state index in [1.165, 1.54) is 0 Å². The van der Waals surface area contributed by atoms with Crippen LogP contribution in [0.4, 0.5) is 5.69 Å². The summed E-state index contributed by atoms with van der Waals surface area (Å²) in [5.41, 5.74) is 0.686. The van der Waals surface area contributed by atoms with E-state index in [1.54, 1.807) is 36.6 Å². The fourth-order valence-corrected chi connectivity index (χ4v) is 3.29. The van der Waals surface area contributed by atoms with Crippen molar-refractivity contribution in [3.05, 3.63) is 42.5 Å². The number of aliphatic carboxylic acids is 2. The molecule has 2 aliphatic heterocycles. The number of ether oxygens (including phenoxy) is 2. The van der Waals surface area contributed by atoms with E-state index < -0.39 is 11.9 Å². The molecular formula is C21H20N4O9. The average Bonchev–Trinajstić information content (AvgIpc) is 3.48. The van der Waals surface area contributed by atoms with Crippen LogP contribution in [0.15, 0.2) is 45.5 Å². The van der Waals surface area contributed by atoms with Crippen molar-refractivity contribution in [1.29, 1.82) is 0 Å². The third-order valence-electron chi connectivity index (χ3n) is 4.87. The summed E-state index contributed by atoms with van der Waals surface area (Å²) in [4.78, 5) is 36.9. The highest BCUT2D eigenvalue weighted by Crippen LogP contribution is 2.33. The maximum atomic E-state index is 12.3. The monoisotopic (exact) mass is 472 g/mol. The van der Waals surface area contributed by atoms with Gasteiger partial charge in [-0.1, -0.05) is 5.16 Å². The van der Waals surface area contributed by atoms with Crippen LogP contribution in [-0.2, 0) is 14.4 Å². The van der Waals surface area contributed by atoms with Crippen LogP contribution >= 0.6 is 0 Å². The summed E-state index contributed by atoms with van der Waals surface area (Å²) in [6.45, 7) is 2.72. The van der Waals surface area contributed by atoms with Gasteiger partial charge in [0.05, 0.1) is 18.7 Å². The molecule has 1 amide bonds. The van der Waals surface area contributed by atoms with Crippen molar-refractivity contribution in [2.45, 2.75) is 5.92 Å². The summed E-state index contributed by atoms with van der Waals surface area (Å²) in [7, 11) is 0. The Morgan fingerprint density at radius 3 is 2.47 bits per heavy atom. The number of benzene rings is 1. The molecule has 1 aromatic carbocycles. The first kappa shape index (κ1) is 22.8. The number of rotatable bonds is 5. The Labute approximate surface area is 191 Å². The van der Waals surface area contributed by atoms with Gasteiger partial charge in [-0.25, -0.2) is 9.59 Å². The number of amides is 1. The normalized spacial score (nSPS) is 14.9. The minimum absolute atomic E-state index is 0.0862. The standard InChI is InChI=1S/C19H18N4O5.C2H2O4/c24-17(20-13-3-4-14-16(8-13)27-7-6-26-14)11-23-9-12(10-23)19-21-18(22-28-19)15-2-1-5-25-15;3-1(4)2(5)6/h1-5,8,12H,6-7,9-11H2,(H,20,24);(H,3,4)(H,5,6). The van der Waals surface area contributed by atoms with E-state index in [2.05, 4.69) is 15.5 Å². The predicted molar refractivity (Wildman–Crippen MR) is 113 cm³/mol. The Morgan fingerprint density at radius 2 is 1.79 bits per heavy atom. The Kier molecular flexibility index (Phi) is 6.73. The van der Waals surface area contributed by atoms with Gasteiger partial charge in [-0.3, -0.25) is 9.69 Å². The molecule has 2 aromatic heterocycles. The van der Waals surface area contributed by atoms with Crippen molar-refractivity contribution in [3.63, 3.8) is 0 Å². The third kappa shape index (κ3) is 5.50. The number of carboxylic acid groups (broad SMARTS) is 2. The second-order valence-corrected chi connectivity index (χ2v) is 7.34. The number of carboxylic acids is 2. The second-order valence-electron chi connectivity index (χ2n) is 7.34. The van der Waals surface area contributed by atoms with Gasteiger partial charge < -0.3 is 33.9 Å². The average molecular weight is 472 g/mol. The maximum absolute atomic E-state index is 12.3. The molecule has 3 aromatic rings. The highest BCUT2D eigenvalue weighted by atomic mass is 16.6. The molecular weight excluding hydrogens is 452 g/mol. The molecule has 3 N–H and O–H groups in total. The van der Waals surface area contributed by atoms with Crippen LogP contribution in [-0.4, -0.2) is 75.9 Å². The van der Waals surface area contributed by atoms with Crippen LogP contribution in [0.25, 0.3) is 11.6 Å². The number of furan rings is 1. The van der Waals surface area contributed by atoms with Gasteiger partial charge in [0.25, 0.3) is 0 Å². The first-order chi connectivity index (χ1) is 16.4. The summed E-state index contributed by atoms with van der Waals surface area (Å²) in [6, 6.07) is 8.94. The predicted octanol–water partition coefficient (Wildman–Crippen LogP) is 1.29. The lowest BCUT2D eigenvalue weighted by atomic mass is 10.0. The Balaban J connectivity index is 0.000000408. The zero-order chi connectivity index (χ0) is 24.1. The van der Waals surface area contributed by atoms with Gasteiger partial charge >= 0.3 is 11.9 Å². The number of fused-ring (bicyclic) bond motifs is 1. The van der Waals surface area contributed by atoms with Gasteiger partial charge in [0.1, 0.15) is 13.2 Å². The number of carbonyl (C=O) groups excluding carboxylic acids is 1. The fraction of sp³-hybridized carbons (Fsp3) is 0.286. The largest absolute Gasteiger partial charge is 0.486 e. The molecule has 2 aliphatic rings. The number of hydrogen-bond donors (Lipinski definition) is 3. The number of nitrogens with one attached hydrogen (secondary N) is 1. The van der Waals surface area contributed by atoms with Crippen molar-refractivity contribution in [2.75, 3.05) is 38.2 Å². The molecule has 13 heteroatoms. The number of aromatic nitrogens is 2. The molecule has 1 fully saturated rings. The van der Waals surface area contributed by atoms with Gasteiger partial charge in [0, 0.05) is 24.8 Å². The highest BCUT2D eigenvalue weighted by molar-refractivity contribution is 6.27. The summed E-state index contributed by atoms with van der Waals surface area (Å²) in [6.07, 6.45) is 1.57. The lowest BCUT2D eigenvalue weighted by Crippen LogP contribution is -2.48. The zero-order valence-electron chi connectivity index (χ0n) is 17.7. The second kappa shape index (κ2) is 10.0. The van der Waals surface area contributed by atoms with Crippen molar-refractivity contribution < 1.29 is 43.0 Å². The van der Waals surface area contributed by atoms with Crippen LogP contribution in [0.1, 0.15) is 11.8 Å². The van der Waals surface area contributed by atoms with Gasteiger partial charge in [0.15, 0.2) is 17.3 Å². The number of likely N-dealkylation sites (tertiary alicyclic amines) is 1. The molecule has 0 atom stereocenters. The van der Waals surface area contributed by atoms with Gasteiger partial charge in [-0.15, -0.1) is 0 Å². The lowest BCUT2D eigenvalue weighted by Gasteiger charge is -2.36. The van der Waals surface area contributed by atoms with Crippen LogP contribution in [0.5, 0.6) is 11.5 Å². The smallest absolute Gasteiger partial charge is 0.414 e. The Morgan fingerprint density at radius 1 is 1.06 bits per heavy atom. The first-order valence-electron chi connectivity index (χ1n) is 10.1. The molecule has 0 unspecified atom stereocenters. The minimum Gasteiger partial charge on any atom is -0.486 e. The number of carbonyl (C=O) groups is 3. The summed E-state index contributed by atoms with van der Waals surface area (Å²) in [5, 5.41) is 21.6. The van der Waals surface area contributed by atoms with E-state index in [1.807, 2.05) is 4.90 Å². The van der Waals surface area contributed by atoms with E-state index in [9.17, 15) is 4.79 Å². The van der Waals surface area contributed by atoms with Gasteiger partial charge in [-0.2, -0.15) is 4.98 Å². The van der Waals surface area contributed by atoms with Crippen LogP contribution in [0.2, 0.25) is 0 Å². The molecule has 0 saturated carbocycles. The summed E-state index contributed by atoms with van der Waals surface area (Å²) in [5.74, 6) is -0.685. The maximum Gasteiger partial charge on any atom is 0.414 e. The number of hydrogen-bond acceptors (Lipinski definition) is 10. The van der Waals surface area contributed by atoms with Crippen molar-refractivity contribution in [2.24, 2.45) is 0 Å². The van der Waals surface area contributed by atoms with Crippen LogP contribution < -0.4 is 14.8 Å². The topological polar surface area (TPSA) is 177 Å². The van der Waals surface area contributed by atoms with Gasteiger partial charge in [-0.05, 0) is 24.3 Å². The van der Waals surface area contributed by atoms with E-state index >= 15 is 0 Å². The Bertz CT molecular complexity index is 1160. The summed E-state index contributed by atoms with van der Waals surface area (Å²) >= 11 is 0. The molecule has 1 saturated heterocycles.